The second-order valence-corrected chi connectivity index (χ2v) is 5.17. The minimum Gasteiger partial charge on any atom is -0.383 e. The lowest BCUT2D eigenvalue weighted by molar-refractivity contribution is 0.196. The van der Waals surface area contributed by atoms with Gasteiger partial charge in [0, 0.05) is 26.7 Å². The molecular weight excluding hydrogens is 212 g/mol. The molecule has 17 heavy (non-hydrogen) atoms. The number of rotatable bonds is 8. The third-order valence-electron chi connectivity index (χ3n) is 3.72. The summed E-state index contributed by atoms with van der Waals surface area (Å²) in [5.74, 6) is 0.992. The molecule has 1 aliphatic rings. The standard InChI is InChI=1S/C14H30N2O/c1-3-5-14-6-4-10-16(11-7-14)12-8-15-9-13-17-2/h14-15H,3-13H2,1-2H3. The Bertz CT molecular complexity index is 176. The van der Waals surface area contributed by atoms with Gasteiger partial charge >= 0.3 is 0 Å². The fourth-order valence-electron chi connectivity index (χ4n) is 2.68. The molecule has 3 nitrogen and oxygen atoms in total. The Labute approximate surface area is 107 Å². The van der Waals surface area contributed by atoms with Crippen LogP contribution in [0.5, 0.6) is 0 Å². The molecule has 0 aromatic heterocycles. The summed E-state index contributed by atoms with van der Waals surface area (Å²) in [5.41, 5.74) is 0. The molecule has 0 bridgehead atoms. The molecule has 102 valence electrons. The molecule has 1 saturated heterocycles. The Morgan fingerprint density at radius 2 is 2.12 bits per heavy atom. The van der Waals surface area contributed by atoms with E-state index in [0.717, 1.165) is 25.6 Å². The lowest BCUT2D eigenvalue weighted by Gasteiger charge is -2.20. The second kappa shape index (κ2) is 9.86. The Balaban J connectivity index is 2.05. The van der Waals surface area contributed by atoms with Crippen LogP contribution < -0.4 is 5.32 Å². The minimum atomic E-state index is 0.818. The van der Waals surface area contributed by atoms with E-state index in [-0.39, 0.29) is 0 Å². The highest BCUT2D eigenvalue weighted by molar-refractivity contribution is 4.70. The van der Waals surface area contributed by atoms with Crippen molar-refractivity contribution in [2.75, 3.05) is 46.4 Å². The quantitative estimate of drug-likeness (QED) is 0.660. The SMILES string of the molecule is CCCC1CCCN(CCNCCOC)CC1. The molecular formula is C14H30N2O. The van der Waals surface area contributed by atoms with E-state index in [2.05, 4.69) is 17.1 Å². The minimum absolute atomic E-state index is 0.818. The second-order valence-electron chi connectivity index (χ2n) is 5.17. The van der Waals surface area contributed by atoms with Gasteiger partial charge in [-0.2, -0.15) is 0 Å². The fraction of sp³-hybridized carbons (Fsp3) is 1.00. The van der Waals surface area contributed by atoms with Crippen molar-refractivity contribution < 1.29 is 4.74 Å². The number of likely N-dealkylation sites (tertiary alicyclic amines) is 1. The van der Waals surface area contributed by atoms with E-state index in [0.29, 0.717) is 0 Å². The van der Waals surface area contributed by atoms with E-state index in [1.807, 2.05) is 0 Å². The van der Waals surface area contributed by atoms with E-state index < -0.39 is 0 Å². The van der Waals surface area contributed by atoms with Gasteiger partial charge < -0.3 is 15.0 Å². The van der Waals surface area contributed by atoms with E-state index in [1.54, 1.807) is 7.11 Å². The van der Waals surface area contributed by atoms with Gasteiger partial charge in [0.15, 0.2) is 0 Å². The zero-order valence-electron chi connectivity index (χ0n) is 11.7. The topological polar surface area (TPSA) is 24.5 Å². The van der Waals surface area contributed by atoms with Crippen LogP contribution in [-0.2, 0) is 4.74 Å². The van der Waals surface area contributed by atoms with Gasteiger partial charge in [0.2, 0.25) is 0 Å². The van der Waals surface area contributed by atoms with Gasteiger partial charge in [-0.05, 0) is 38.3 Å². The number of ether oxygens (including phenoxy) is 1. The van der Waals surface area contributed by atoms with Gasteiger partial charge in [-0.15, -0.1) is 0 Å². The van der Waals surface area contributed by atoms with Crippen molar-refractivity contribution in [3.05, 3.63) is 0 Å². The zero-order valence-corrected chi connectivity index (χ0v) is 11.7. The van der Waals surface area contributed by atoms with E-state index >= 15 is 0 Å². The van der Waals surface area contributed by atoms with Crippen molar-refractivity contribution in [2.24, 2.45) is 5.92 Å². The smallest absolute Gasteiger partial charge is 0.0587 e. The molecule has 3 heteroatoms. The molecule has 1 rings (SSSR count). The summed E-state index contributed by atoms with van der Waals surface area (Å²) >= 11 is 0. The van der Waals surface area contributed by atoms with Crippen molar-refractivity contribution in [2.45, 2.75) is 39.0 Å². The highest BCUT2D eigenvalue weighted by Gasteiger charge is 2.15. The van der Waals surface area contributed by atoms with Crippen LogP contribution in [0, 0.1) is 5.92 Å². The first kappa shape index (κ1) is 14.9. The maximum atomic E-state index is 5.02. The van der Waals surface area contributed by atoms with Crippen LogP contribution in [0.1, 0.15) is 39.0 Å². The van der Waals surface area contributed by atoms with Gasteiger partial charge in [0.25, 0.3) is 0 Å². The summed E-state index contributed by atoms with van der Waals surface area (Å²) in [5, 5.41) is 3.42. The molecule has 1 fully saturated rings. The summed E-state index contributed by atoms with van der Waals surface area (Å²) in [6, 6.07) is 0. The van der Waals surface area contributed by atoms with E-state index in [9.17, 15) is 0 Å². The fourth-order valence-corrected chi connectivity index (χ4v) is 2.68. The largest absolute Gasteiger partial charge is 0.383 e. The molecule has 1 heterocycles. The number of hydrogen-bond acceptors (Lipinski definition) is 3. The Kier molecular flexibility index (Phi) is 8.67. The Hall–Kier alpha value is -0.120. The molecule has 0 radical (unpaired) electrons. The molecule has 0 saturated carbocycles. The van der Waals surface area contributed by atoms with Crippen LogP contribution in [-0.4, -0.2) is 51.3 Å². The van der Waals surface area contributed by atoms with Gasteiger partial charge in [0.1, 0.15) is 0 Å². The maximum Gasteiger partial charge on any atom is 0.0587 e. The predicted octanol–water partition coefficient (Wildman–Crippen LogP) is 2.12. The first-order valence-corrected chi connectivity index (χ1v) is 7.28. The molecule has 1 unspecified atom stereocenters. The summed E-state index contributed by atoms with van der Waals surface area (Å²) < 4.78 is 5.02. The average molecular weight is 242 g/mol. The van der Waals surface area contributed by atoms with Crippen LogP contribution in [0.15, 0.2) is 0 Å². The lowest BCUT2D eigenvalue weighted by Crippen LogP contribution is -2.34. The van der Waals surface area contributed by atoms with Crippen LogP contribution in [0.3, 0.4) is 0 Å². The van der Waals surface area contributed by atoms with Crippen LogP contribution >= 0.6 is 0 Å². The first-order valence-electron chi connectivity index (χ1n) is 7.28. The molecule has 0 aromatic rings. The van der Waals surface area contributed by atoms with Crippen LogP contribution in [0.25, 0.3) is 0 Å². The van der Waals surface area contributed by atoms with Crippen molar-refractivity contribution >= 4 is 0 Å². The molecule has 0 aliphatic carbocycles. The lowest BCUT2D eigenvalue weighted by atomic mass is 9.96. The normalized spacial score (nSPS) is 22.6. The van der Waals surface area contributed by atoms with E-state index in [4.69, 9.17) is 4.74 Å². The van der Waals surface area contributed by atoms with Crippen molar-refractivity contribution in [1.82, 2.24) is 10.2 Å². The molecule has 0 aromatic carbocycles. The third-order valence-corrected chi connectivity index (χ3v) is 3.72. The van der Waals surface area contributed by atoms with Crippen LogP contribution in [0.4, 0.5) is 0 Å². The highest BCUT2D eigenvalue weighted by Crippen LogP contribution is 2.21. The molecule has 1 atom stereocenters. The Morgan fingerprint density at radius 1 is 1.24 bits per heavy atom. The average Bonchev–Trinajstić information content (AvgIpc) is 2.55. The van der Waals surface area contributed by atoms with E-state index in [1.165, 1.54) is 51.7 Å². The number of hydrogen-bond donors (Lipinski definition) is 1. The highest BCUT2D eigenvalue weighted by atomic mass is 16.5. The maximum absolute atomic E-state index is 5.02. The third kappa shape index (κ3) is 7.02. The predicted molar refractivity (Wildman–Crippen MR) is 73.4 cm³/mol. The first-order chi connectivity index (χ1) is 8.36. The van der Waals surface area contributed by atoms with Crippen molar-refractivity contribution in [3.8, 4) is 0 Å². The summed E-state index contributed by atoms with van der Waals surface area (Å²) in [7, 11) is 1.75. The number of nitrogens with zero attached hydrogens (tertiary/aromatic N) is 1. The molecule has 1 aliphatic heterocycles. The summed E-state index contributed by atoms with van der Waals surface area (Å²) in [6.45, 7) is 9.00. The van der Waals surface area contributed by atoms with Gasteiger partial charge in [0.05, 0.1) is 6.61 Å². The molecule has 0 amide bonds. The summed E-state index contributed by atoms with van der Waals surface area (Å²) in [4.78, 5) is 2.62. The summed E-state index contributed by atoms with van der Waals surface area (Å²) in [6.07, 6.45) is 7.03. The number of methoxy groups -OCH3 is 1. The molecule has 1 N–H and O–H groups in total. The van der Waals surface area contributed by atoms with Gasteiger partial charge in [-0.25, -0.2) is 0 Å². The van der Waals surface area contributed by atoms with Crippen molar-refractivity contribution in [1.29, 1.82) is 0 Å². The Morgan fingerprint density at radius 3 is 2.88 bits per heavy atom. The van der Waals surface area contributed by atoms with Crippen molar-refractivity contribution in [3.63, 3.8) is 0 Å². The zero-order chi connectivity index (χ0) is 12.3. The van der Waals surface area contributed by atoms with Gasteiger partial charge in [-0.1, -0.05) is 19.8 Å². The monoisotopic (exact) mass is 242 g/mol. The molecule has 0 spiro atoms. The number of nitrogens with one attached hydrogen (secondary N) is 1. The van der Waals surface area contributed by atoms with Gasteiger partial charge in [-0.3, -0.25) is 0 Å². The van der Waals surface area contributed by atoms with Crippen LogP contribution in [0.2, 0.25) is 0 Å².